The molecule has 4 aromatic rings. The molecule has 8 nitrogen and oxygen atoms in total. The predicted molar refractivity (Wildman–Crippen MR) is 165 cm³/mol. The summed E-state index contributed by atoms with van der Waals surface area (Å²) in [6, 6.07) is 30.9. The number of piperazine rings is 1. The number of aryl methyl sites for hydroxylation is 1. The topological polar surface area (TPSA) is 87.6 Å². The number of carbonyl (C=O) groups is 2. The van der Waals surface area contributed by atoms with Crippen LogP contribution in [0.3, 0.4) is 0 Å². The third-order valence-corrected chi connectivity index (χ3v) is 7.84. The molecule has 212 valence electrons. The standard InChI is InChI=1S/C34H32N4O4/c1-24-15-19-28(20-16-24)37(27-11-3-2-4-12-27)33(41)35-21-22-36(31(23-35)32(39)40)34(42)38-29-13-7-5-9-25(29)17-18-26-10-6-8-14-30(26)38/h2-20,31,33,41H,21-23H2,1H3,(H,39,40)/t31-,33?/m0/s1. The van der Waals surface area contributed by atoms with E-state index in [4.69, 9.17) is 0 Å². The molecule has 1 saturated heterocycles. The molecule has 2 N–H and O–H groups in total. The third-order valence-electron chi connectivity index (χ3n) is 7.84. The van der Waals surface area contributed by atoms with E-state index in [0.29, 0.717) is 11.4 Å². The minimum atomic E-state index is -1.17. The van der Waals surface area contributed by atoms with E-state index in [9.17, 15) is 19.8 Å². The van der Waals surface area contributed by atoms with Gasteiger partial charge in [0.05, 0.1) is 11.4 Å². The molecule has 0 aliphatic carbocycles. The molecule has 1 unspecified atom stereocenters. The Bertz CT molecular complexity index is 1570. The predicted octanol–water partition coefficient (Wildman–Crippen LogP) is 5.92. The highest BCUT2D eigenvalue weighted by Crippen LogP contribution is 2.38. The summed E-state index contributed by atoms with van der Waals surface area (Å²) in [6.07, 6.45) is 2.78. The van der Waals surface area contributed by atoms with Gasteiger partial charge in [-0.1, -0.05) is 84.4 Å². The first kappa shape index (κ1) is 27.3. The Labute approximate surface area is 245 Å². The second-order valence-electron chi connectivity index (χ2n) is 10.5. The average molecular weight is 561 g/mol. The number of para-hydroxylation sites is 3. The molecule has 1 fully saturated rings. The first-order chi connectivity index (χ1) is 20.4. The molecule has 0 aromatic heterocycles. The Balaban J connectivity index is 1.32. The van der Waals surface area contributed by atoms with E-state index in [0.717, 1.165) is 28.1 Å². The number of aliphatic hydroxyl groups is 1. The van der Waals surface area contributed by atoms with Crippen LogP contribution in [-0.2, 0) is 4.79 Å². The van der Waals surface area contributed by atoms with Gasteiger partial charge in [-0.2, -0.15) is 0 Å². The maximum Gasteiger partial charge on any atom is 0.329 e. The van der Waals surface area contributed by atoms with Crippen LogP contribution >= 0.6 is 0 Å². The summed E-state index contributed by atoms with van der Waals surface area (Å²) in [7, 11) is 0. The van der Waals surface area contributed by atoms with Crippen LogP contribution in [0.5, 0.6) is 0 Å². The molecule has 2 aliphatic rings. The summed E-state index contributed by atoms with van der Waals surface area (Å²) < 4.78 is 0. The Morgan fingerprint density at radius 2 is 1.31 bits per heavy atom. The van der Waals surface area contributed by atoms with Gasteiger partial charge >= 0.3 is 12.0 Å². The fraction of sp³-hybridized carbons (Fsp3) is 0.176. The van der Waals surface area contributed by atoms with E-state index in [1.807, 2.05) is 122 Å². The number of benzene rings is 4. The van der Waals surface area contributed by atoms with E-state index in [1.165, 1.54) is 4.90 Å². The number of urea groups is 1. The van der Waals surface area contributed by atoms with Gasteiger partial charge < -0.3 is 20.0 Å². The Morgan fingerprint density at radius 1 is 0.762 bits per heavy atom. The molecular formula is C34H32N4O4. The van der Waals surface area contributed by atoms with E-state index < -0.39 is 24.4 Å². The van der Waals surface area contributed by atoms with Crippen LogP contribution in [-0.4, -0.2) is 64.0 Å². The van der Waals surface area contributed by atoms with Gasteiger partial charge in [-0.05, 0) is 54.4 Å². The van der Waals surface area contributed by atoms with Gasteiger partial charge in [-0.25, -0.2) is 9.59 Å². The normalized spacial score (nSPS) is 17.1. The van der Waals surface area contributed by atoms with Crippen LogP contribution in [0.1, 0.15) is 16.7 Å². The monoisotopic (exact) mass is 560 g/mol. The third kappa shape index (κ3) is 5.13. The van der Waals surface area contributed by atoms with Crippen molar-refractivity contribution in [3.8, 4) is 0 Å². The Kier molecular flexibility index (Phi) is 7.48. The number of carbonyl (C=O) groups excluding carboxylic acids is 1. The van der Waals surface area contributed by atoms with Crippen LogP contribution in [0.15, 0.2) is 103 Å². The lowest BCUT2D eigenvalue weighted by atomic mass is 10.1. The lowest BCUT2D eigenvalue weighted by Gasteiger charge is -2.45. The molecule has 8 heteroatoms. The first-order valence-corrected chi connectivity index (χ1v) is 13.9. The molecule has 2 heterocycles. The summed E-state index contributed by atoms with van der Waals surface area (Å²) in [5.41, 5.74) is 5.72. The van der Waals surface area contributed by atoms with Crippen LogP contribution in [0, 0.1) is 6.92 Å². The van der Waals surface area contributed by atoms with E-state index >= 15 is 0 Å². The SMILES string of the molecule is Cc1ccc(N(c2ccccc2)C(O)N2CCN(C(=O)N3c4ccccc4C=Cc4ccccc43)[C@H](C(=O)O)C2)cc1. The first-order valence-electron chi connectivity index (χ1n) is 13.9. The van der Waals surface area contributed by atoms with Crippen molar-refractivity contribution in [1.82, 2.24) is 9.80 Å². The summed E-state index contributed by atoms with van der Waals surface area (Å²) >= 11 is 0. The number of nitrogens with zero attached hydrogens (tertiary/aromatic N) is 4. The minimum absolute atomic E-state index is 0.0488. The van der Waals surface area contributed by atoms with Crippen molar-refractivity contribution in [3.63, 3.8) is 0 Å². The number of fused-ring (bicyclic) bond motifs is 2. The van der Waals surface area contributed by atoms with Crippen LogP contribution in [0.25, 0.3) is 12.2 Å². The van der Waals surface area contributed by atoms with Gasteiger partial charge in [0.15, 0.2) is 6.35 Å². The maximum atomic E-state index is 14.3. The number of anilines is 4. The van der Waals surface area contributed by atoms with Gasteiger partial charge in [0, 0.05) is 31.0 Å². The van der Waals surface area contributed by atoms with Crippen molar-refractivity contribution < 1.29 is 19.8 Å². The lowest BCUT2D eigenvalue weighted by molar-refractivity contribution is -0.146. The summed E-state index contributed by atoms with van der Waals surface area (Å²) in [6.45, 7) is 2.35. The summed E-state index contributed by atoms with van der Waals surface area (Å²) in [5, 5.41) is 22.1. The molecule has 42 heavy (non-hydrogen) atoms. The fourth-order valence-electron chi connectivity index (χ4n) is 5.64. The molecule has 2 amide bonds. The smallest absolute Gasteiger partial charge is 0.329 e. The van der Waals surface area contributed by atoms with E-state index in [1.54, 1.807) is 14.7 Å². The van der Waals surface area contributed by atoms with Crippen molar-refractivity contribution >= 4 is 46.9 Å². The highest BCUT2D eigenvalue weighted by molar-refractivity contribution is 6.06. The summed E-state index contributed by atoms with van der Waals surface area (Å²) in [4.78, 5) is 33.5. The molecule has 0 spiro atoms. The zero-order valence-electron chi connectivity index (χ0n) is 23.2. The molecule has 2 atom stereocenters. The number of rotatable bonds is 5. The molecule has 0 radical (unpaired) electrons. The van der Waals surface area contributed by atoms with Crippen molar-refractivity contribution in [2.75, 3.05) is 29.4 Å². The van der Waals surface area contributed by atoms with Crippen molar-refractivity contribution in [2.45, 2.75) is 19.3 Å². The Morgan fingerprint density at radius 3 is 1.90 bits per heavy atom. The number of aliphatic carboxylic acids is 1. The fourth-order valence-corrected chi connectivity index (χ4v) is 5.64. The van der Waals surface area contributed by atoms with Gasteiger partial charge in [0.25, 0.3) is 0 Å². The van der Waals surface area contributed by atoms with Crippen LogP contribution in [0.4, 0.5) is 27.5 Å². The highest BCUT2D eigenvalue weighted by Gasteiger charge is 2.41. The number of hydrogen-bond donors (Lipinski definition) is 2. The zero-order valence-corrected chi connectivity index (χ0v) is 23.2. The lowest BCUT2D eigenvalue weighted by Crippen LogP contribution is -2.63. The molecule has 2 aliphatic heterocycles. The van der Waals surface area contributed by atoms with Crippen molar-refractivity contribution in [1.29, 1.82) is 0 Å². The van der Waals surface area contributed by atoms with E-state index in [2.05, 4.69) is 0 Å². The molecule has 4 aromatic carbocycles. The van der Waals surface area contributed by atoms with E-state index in [-0.39, 0.29) is 19.6 Å². The van der Waals surface area contributed by atoms with Crippen LogP contribution in [0.2, 0.25) is 0 Å². The molecule has 0 saturated carbocycles. The zero-order chi connectivity index (χ0) is 29.2. The molecular weight excluding hydrogens is 528 g/mol. The quantitative estimate of drug-likeness (QED) is 0.295. The number of hydrogen-bond acceptors (Lipinski definition) is 5. The highest BCUT2D eigenvalue weighted by atomic mass is 16.4. The van der Waals surface area contributed by atoms with Crippen molar-refractivity contribution in [3.05, 3.63) is 120 Å². The summed E-state index contributed by atoms with van der Waals surface area (Å²) in [5.74, 6) is -1.13. The molecule has 6 rings (SSSR count). The van der Waals surface area contributed by atoms with Crippen LogP contribution < -0.4 is 9.80 Å². The number of amides is 2. The maximum absolute atomic E-state index is 14.3. The second-order valence-corrected chi connectivity index (χ2v) is 10.5. The number of aliphatic hydroxyl groups excluding tert-OH is 1. The average Bonchev–Trinajstić information content (AvgIpc) is 3.19. The second kappa shape index (κ2) is 11.5. The minimum Gasteiger partial charge on any atom is -0.480 e. The largest absolute Gasteiger partial charge is 0.480 e. The molecule has 0 bridgehead atoms. The van der Waals surface area contributed by atoms with Gasteiger partial charge in [-0.3, -0.25) is 9.80 Å². The number of carboxylic acids is 1. The van der Waals surface area contributed by atoms with Gasteiger partial charge in [-0.15, -0.1) is 0 Å². The van der Waals surface area contributed by atoms with Crippen molar-refractivity contribution in [2.24, 2.45) is 0 Å². The van der Waals surface area contributed by atoms with Gasteiger partial charge in [0.2, 0.25) is 0 Å². The van der Waals surface area contributed by atoms with Gasteiger partial charge in [0.1, 0.15) is 6.04 Å². The number of carboxylic acid groups (broad SMARTS) is 1. The Hall–Kier alpha value is -4.92.